The molecule has 1 unspecified atom stereocenters. The van der Waals surface area contributed by atoms with E-state index in [2.05, 4.69) is 45.7 Å². The number of nitrogens with one attached hydrogen (secondary N) is 3. The lowest BCUT2D eigenvalue weighted by atomic mass is 10.1. The van der Waals surface area contributed by atoms with Crippen molar-refractivity contribution in [3.63, 3.8) is 0 Å². The monoisotopic (exact) mass is 355 g/mol. The van der Waals surface area contributed by atoms with Crippen molar-refractivity contribution in [3.05, 3.63) is 22.7 Å². The van der Waals surface area contributed by atoms with Gasteiger partial charge < -0.3 is 20.7 Å². The Labute approximate surface area is 134 Å². The van der Waals surface area contributed by atoms with Crippen molar-refractivity contribution in [2.75, 3.05) is 30.4 Å². The van der Waals surface area contributed by atoms with Crippen LogP contribution in [0.5, 0.6) is 0 Å². The van der Waals surface area contributed by atoms with Gasteiger partial charge in [0.15, 0.2) is 0 Å². The van der Waals surface area contributed by atoms with Crippen LogP contribution in [0.1, 0.15) is 20.3 Å². The quantitative estimate of drug-likeness (QED) is 0.759. The molecule has 0 radical (unpaired) electrons. The first kappa shape index (κ1) is 16.3. The molecular weight excluding hydrogens is 334 g/mol. The minimum absolute atomic E-state index is 0.0112. The van der Waals surface area contributed by atoms with E-state index in [1.807, 2.05) is 18.2 Å². The maximum atomic E-state index is 12.2. The van der Waals surface area contributed by atoms with Crippen LogP contribution in [0.2, 0.25) is 0 Å². The summed E-state index contributed by atoms with van der Waals surface area (Å²) >= 11 is 3.44. The van der Waals surface area contributed by atoms with E-state index in [0.29, 0.717) is 25.7 Å². The number of amides is 1. The van der Waals surface area contributed by atoms with E-state index in [9.17, 15) is 4.79 Å². The molecule has 2 rings (SSSR count). The molecular formula is C15H22BrN3O2. The van der Waals surface area contributed by atoms with E-state index < -0.39 is 0 Å². The van der Waals surface area contributed by atoms with Crippen LogP contribution >= 0.6 is 15.9 Å². The van der Waals surface area contributed by atoms with Gasteiger partial charge in [0.05, 0.1) is 24.6 Å². The maximum Gasteiger partial charge on any atom is 0.226 e. The SMILES string of the molecule is CC(C)Nc1ccc(Br)cc1NC(=O)CC1COCCN1. The summed E-state index contributed by atoms with van der Waals surface area (Å²) in [5, 5.41) is 9.59. The lowest BCUT2D eigenvalue weighted by molar-refractivity contribution is -0.117. The zero-order chi connectivity index (χ0) is 15.2. The summed E-state index contributed by atoms with van der Waals surface area (Å²) in [5.41, 5.74) is 1.72. The average Bonchev–Trinajstić information content (AvgIpc) is 2.42. The maximum absolute atomic E-state index is 12.2. The third-order valence-electron chi connectivity index (χ3n) is 3.13. The molecule has 1 aromatic carbocycles. The Balaban J connectivity index is 1.99. The molecule has 1 aromatic rings. The van der Waals surface area contributed by atoms with Crippen LogP contribution in [-0.4, -0.2) is 37.7 Å². The largest absolute Gasteiger partial charge is 0.381 e. The third kappa shape index (κ3) is 5.30. The number of carbonyl (C=O) groups excluding carboxylic acids is 1. The summed E-state index contributed by atoms with van der Waals surface area (Å²) in [7, 11) is 0. The second-order valence-corrected chi connectivity index (χ2v) is 6.38. The van der Waals surface area contributed by atoms with Crippen molar-refractivity contribution in [1.29, 1.82) is 0 Å². The Kier molecular flexibility index (Phi) is 6.02. The summed E-state index contributed by atoms with van der Waals surface area (Å²) in [4.78, 5) is 12.2. The van der Waals surface area contributed by atoms with Crippen LogP contribution in [0.15, 0.2) is 22.7 Å². The number of benzene rings is 1. The van der Waals surface area contributed by atoms with Gasteiger partial charge in [0.25, 0.3) is 0 Å². The van der Waals surface area contributed by atoms with Crippen molar-refractivity contribution < 1.29 is 9.53 Å². The minimum atomic E-state index is -0.0112. The van der Waals surface area contributed by atoms with E-state index in [1.165, 1.54) is 0 Å². The summed E-state index contributed by atoms with van der Waals surface area (Å²) in [6.07, 6.45) is 0.410. The Morgan fingerprint density at radius 2 is 2.29 bits per heavy atom. The predicted octanol–water partition coefficient (Wildman–Crippen LogP) is 2.59. The molecule has 1 aliphatic rings. The molecule has 1 aliphatic heterocycles. The van der Waals surface area contributed by atoms with Crippen LogP contribution in [0.3, 0.4) is 0 Å². The molecule has 0 spiro atoms. The predicted molar refractivity (Wildman–Crippen MR) is 88.8 cm³/mol. The third-order valence-corrected chi connectivity index (χ3v) is 3.62. The van der Waals surface area contributed by atoms with Crippen molar-refractivity contribution in [1.82, 2.24) is 5.32 Å². The number of carbonyl (C=O) groups is 1. The molecule has 1 fully saturated rings. The molecule has 0 aliphatic carbocycles. The summed E-state index contributed by atoms with van der Waals surface area (Å²) in [6.45, 7) is 6.23. The van der Waals surface area contributed by atoms with E-state index in [1.54, 1.807) is 0 Å². The number of anilines is 2. The highest BCUT2D eigenvalue weighted by Crippen LogP contribution is 2.27. The topological polar surface area (TPSA) is 62.4 Å². The number of morpholine rings is 1. The van der Waals surface area contributed by atoms with E-state index in [0.717, 1.165) is 22.4 Å². The first-order valence-corrected chi connectivity index (χ1v) is 8.01. The van der Waals surface area contributed by atoms with Crippen LogP contribution in [0, 0.1) is 0 Å². The smallest absolute Gasteiger partial charge is 0.226 e. The minimum Gasteiger partial charge on any atom is -0.381 e. The standard InChI is InChI=1S/C15H22BrN3O2/c1-10(2)18-13-4-3-11(16)7-14(13)19-15(20)8-12-9-21-6-5-17-12/h3-4,7,10,12,17-18H,5-6,8-9H2,1-2H3,(H,19,20). The summed E-state index contributed by atoms with van der Waals surface area (Å²) in [6, 6.07) is 6.22. The molecule has 0 bridgehead atoms. The Bertz CT molecular complexity index is 488. The van der Waals surface area contributed by atoms with Crippen LogP contribution in [0.4, 0.5) is 11.4 Å². The number of hydrogen-bond donors (Lipinski definition) is 3. The fraction of sp³-hybridized carbons (Fsp3) is 0.533. The van der Waals surface area contributed by atoms with Crippen molar-refractivity contribution >= 4 is 33.2 Å². The Morgan fingerprint density at radius 1 is 1.48 bits per heavy atom. The van der Waals surface area contributed by atoms with Gasteiger partial charge in [-0.3, -0.25) is 4.79 Å². The number of rotatable bonds is 5. The van der Waals surface area contributed by atoms with E-state index in [4.69, 9.17) is 4.74 Å². The molecule has 3 N–H and O–H groups in total. The molecule has 1 atom stereocenters. The van der Waals surface area contributed by atoms with Crippen molar-refractivity contribution in [2.24, 2.45) is 0 Å². The first-order chi connectivity index (χ1) is 10.0. The summed E-state index contributed by atoms with van der Waals surface area (Å²) in [5.74, 6) is -0.0112. The summed E-state index contributed by atoms with van der Waals surface area (Å²) < 4.78 is 6.30. The molecule has 1 amide bonds. The number of halogens is 1. The molecule has 21 heavy (non-hydrogen) atoms. The zero-order valence-corrected chi connectivity index (χ0v) is 14.0. The van der Waals surface area contributed by atoms with Crippen molar-refractivity contribution in [3.8, 4) is 0 Å². The molecule has 0 aromatic heterocycles. The van der Waals surface area contributed by atoms with E-state index in [-0.39, 0.29) is 11.9 Å². The van der Waals surface area contributed by atoms with Crippen LogP contribution in [-0.2, 0) is 9.53 Å². The van der Waals surface area contributed by atoms with Gasteiger partial charge in [0.1, 0.15) is 0 Å². The second-order valence-electron chi connectivity index (χ2n) is 5.47. The molecule has 1 heterocycles. The second kappa shape index (κ2) is 7.77. The molecule has 0 saturated carbocycles. The highest BCUT2D eigenvalue weighted by atomic mass is 79.9. The van der Waals surface area contributed by atoms with Gasteiger partial charge in [-0.25, -0.2) is 0 Å². The van der Waals surface area contributed by atoms with Gasteiger partial charge in [0.2, 0.25) is 5.91 Å². The van der Waals surface area contributed by atoms with E-state index >= 15 is 0 Å². The van der Waals surface area contributed by atoms with Gasteiger partial charge in [-0.15, -0.1) is 0 Å². The lowest BCUT2D eigenvalue weighted by Crippen LogP contribution is -2.43. The van der Waals surface area contributed by atoms with Crippen molar-refractivity contribution in [2.45, 2.75) is 32.4 Å². The van der Waals surface area contributed by atoms with Crippen LogP contribution < -0.4 is 16.0 Å². The zero-order valence-electron chi connectivity index (χ0n) is 12.4. The van der Waals surface area contributed by atoms with Gasteiger partial charge in [0, 0.05) is 29.5 Å². The van der Waals surface area contributed by atoms with Gasteiger partial charge in [-0.2, -0.15) is 0 Å². The van der Waals surface area contributed by atoms with Gasteiger partial charge in [-0.05, 0) is 32.0 Å². The average molecular weight is 356 g/mol. The molecule has 6 heteroatoms. The normalized spacial score (nSPS) is 18.6. The fourth-order valence-corrected chi connectivity index (χ4v) is 2.59. The molecule has 1 saturated heterocycles. The highest BCUT2D eigenvalue weighted by molar-refractivity contribution is 9.10. The van der Waals surface area contributed by atoms with Crippen LogP contribution in [0.25, 0.3) is 0 Å². The lowest BCUT2D eigenvalue weighted by Gasteiger charge is -2.23. The highest BCUT2D eigenvalue weighted by Gasteiger charge is 2.17. The fourth-order valence-electron chi connectivity index (χ4n) is 2.23. The van der Waals surface area contributed by atoms with Gasteiger partial charge in [-0.1, -0.05) is 15.9 Å². The number of hydrogen-bond acceptors (Lipinski definition) is 4. The first-order valence-electron chi connectivity index (χ1n) is 7.21. The van der Waals surface area contributed by atoms with Gasteiger partial charge >= 0.3 is 0 Å². The number of ether oxygens (including phenoxy) is 1. The Morgan fingerprint density at radius 3 is 2.95 bits per heavy atom. The molecule has 5 nitrogen and oxygen atoms in total. The Hall–Kier alpha value is -1.11. The molecule has 116 valence electrons.